The second-order valence-electron chi connectivity index (χ2n) is 5.93. The third-order valence-electron chi connectivity index (χ3n) is 4.10. The number of ether oxygens (including phenoxy) is 2. The fraction of sp³-hybridized carbons (Fsp3) is 0.100. The molecule has 2 aromatic carbocycles. The Morgan fingerprint density at radius 3 is 2.44 bits per heavy atom. The van der Waals surface area contributed by atoms with E-state index in [2.05, 4.69) is 15.1 Å². The molecule has 2 aromatic heterocycles. The molecular formula is C20H16N4O3. The maximum Gasteiger partial charge on any atom is 0.337 e. The Hall–Kier alpha value is -3.74. The Morgan fingerprint density at radius 1 is 1.00 bits per heavy atom. The monoisotopic (exact) mass is 360 g/mol. The highest BCUT2D eigenvalue weighted by molar-refractivity contribution is 5.89. The molecule has 0 radical (unpaired) electrons. The normalized spacial score (nSPS) is 10.7. The SMILES string of the molecule is COC(=O)c1ccc(Oc2ncnc3c2cnn3-c2ccc(C)cc2)cc1. The number of methoxy groups -OCH3 is 1. The average Bonchev–Trinajstić information content (AvgIpc) is 3.14. The third kappa shape index (κ3) is 3.22. The van der Waals surface area contributed by atoms with Crippen LogP contribution in [-0.4, -0.2) is 32.8 Å². The van der Waals surface area contributed by atoms with Gasteiger partial charge in [-0.05, 0) is 43.3 Å². The fourth-order valence-corrected chi connectivity index (χ4v) is 2.67. The summed E-state index contributed by atoms with van der Waals surface area (Å²) in [4.78, 5) is 20.1. The van der Waals surface area contributed by atoms with Crippen molar-refractivity contribution in [2.24, 2.45) is 0 Å². The largest absolute Gasteiger partial charge is 0.465 e. The minimum Gasteiger partial charge on any atom is -0.465 e. The predicted molar refractivity (Wildman–Crippen MR) is 99.3 cm³/mol. The summed E-state index contributed by atoms with van der Waals surface area (Å²) >= 11 is 0. The fourth-order valence-electron chi connectivity index (χ4n) is 2.67. The summed E-state index contributed by atoms with van der Waals surface area (Å²) in [5, 5.41) is 5.11. The van der Waals surface area contributed by atoms with E-state index in [1.165, 1.54) is 19.0 Å². The average molecular weight is 360 g/mol. The molecule has 134 valence electrons. The minimum atomic E-state index is -0.398. The quantitative estimate of drug-likeness (QED) is 0.516. The number of hydrogen-bond donors (Lipinski definition) is 0. The number of carbonyl (C=O) groups excluding carboxylic acids is 1. The van der Waals surface area contributed by atoms with Gasteiger partial charge in [0.15, 0.2) is 5.65 Å². The second kappa shape index (κ2) is 6.87. The van der Waals surface area contributed by atoms with Gasteiger partial charge in [-0.15, -0.1) is 0 Å². The van der Waals surface area contributed by atoms with E-state index in [0.717, 1.165) is 5.69 Å². The van der Waals surface area contributed by atoms with Gasteiger partial charge in [0.2, 0.25) is 5.88 Å². The van der Waals surface area contributed by atoms with Crippen molar-refractivity contribution in [2.45, 2.75) is 6.92 Å². The van der Waals surface area contributed by atoms with Crippen LogP contribution in [0.3, 0.4) is 0 Å². The Morgan fingerprint density at radius 2 is 1.74 bits per heavy atom. The Kier molecular flexibility index (Phi) is 4.25. The molecule has 2 heterocycles. The van der Waals surface area contributed by atoms with Crippen LogP contribution in [0.1, 0.15) is 15.9 Å². The number of aryl methyl sites for hydroxylation is 1. The van der Waals surface area contributed by atoms with Crippen LogP contribution in [0.2, 0.25) is 0 Å². The van der Waals surface area contributed by atoms with E-state index < -0.39 is 5.97 Å². The predicted octanol–water partition coefficient (Wildman–Crippen LogP) is 3.70. The number of esters is 1. The van der Waals surface area contributed by atoms with Gasteiger partial charge in [0, 0.05) is 0 Å². The highest BCUT2D eigenvalue weighted by Gasteiger charge is 2.13. The maximum atomic E-state index is 11.5. The first kappa shape index (κ1) is 16.7. The summed E-state index contributed by atoms with van der Waals surface area (Å²) in [7, 11) is 1.34. The van der Waals surface area contributed by atoms with Gasteiger partial charge in [-0.3, -0.25) is 0 Å². The first-order valence-corrected chi connectivity index (χ1v) is 8.28. The lowest BCUT2D eigenvalue weighted by atomic mass is 10.2. The zero-order valence-electron chi connectivity index (χ0n) is 14.8. The van der Waals surface area contributed by atoms with Gasteiger partial charge in [-0.25, -0.2) is 19.4 Å². The number of carbonyl (C=O) groups is 1. The summed E-state index contributed by atoms with van der Waals surface area (Å²) in [5.41, 5.74) is 3.17. The van der Waals surface area contributed by atoms with Crippen molar-refractivity contribution in [3.8, 4) is 17.3 Å². The molecule has 0 saturated heterocycles. The van der Waals surface area contributed by atoms with Gasteiger partial charge >= 0.3 is 5.97 Å². The zero-order valence-corrected chi connectivity index (χ0v) is 14.8. The van der Waals surface area contributed by atoms with Crippen LogP contribution in [-0.2, 0) is 4.74 Å². The van der Waals surface area contributed by atoms with Crippen LogP contribution in [0, 0.1) is 6.92 Å². The summed E-state index contributed by atoms with van der Waals surface area (Å²) in [6, 6.07) is 14.6. The van der Waals surface area contributed by atoms with E-state index in [4.69, 9.17) is 9.47 Å². The lowest BCUT2D eigenvalue weighted by Gasteiger charge is -2.07. The van der Waals surface area contributed by atoms with E-state index in [1.54, 1.807) is 35.1 Å². The van der Waals surface area contributed by atoms with Gasteiger partial charge < -0.3 is 9.47 Å². The smallest absolute Gasteiger partial charge is 0.337 e. The zero-order chi connectivity index (χ0) is 18.8. The number of rotatable bonds is 4. The molecule has 0 aliphatic carbocycles. The van der Waals surface area contributed by atoms with Crippen molar-refractivity contribution < 1.29 is 14.3 Å². The molecule has 0 fully saturated rings. The molecule has 27 heavy (non-hydrogen) atoms. The van der Waals surface area contributed by atoms with Crippen molar-refractivity contribution in [2.75, 3.05) is 7.11 Å². The topological polar surface area (TPSA) is 79.1 Å². The summed E-state index contributed by atoms with van der Waals surface area (Å²) in [6.07, 6.45) is 3.11. The minimum absolute atomic E-state index is 0.393. The molecule has 0 bridgehead atoms. The first-order valence-electron chi connectivity index (χ1n) is 8.28. The Labute approximate surface area is 155 Å². The number of aromatic nitrogens is 4. The van der Waals surface area contributed by atoms with Crippen molar-refractivity contribution in [1.82, 2.24) is 19.7 Å². The number of hydrogen-bond acceptors (Lipinski definition) is 6. The molecule has 4 rings (SSSR count). The summed E-state index contributed by atoms with van der Waals surface area (Å²) < 4.78 is 12.3. The standard InChI is InChI=1S/C20H16N4O3/c1-13-3-7-15(8-4-13)24-18-17(11-23-24)19(22-12-21-18)27-16-9-5-14(6-10-16)20(25)26-2/h3-12H,1-2H3. The lowest BCUT2D eigenvalue weighted by molar-refractivity contribution is 0.0600. The molecule has 0 saturated carbocycles. The number of benzene rings is 2. The molecule has 0 aliphatic heterocycles. The van der Waals surface area contributed by atoms with Crippen LogP contribution < -0.4 is 4.74 Å². The Bertz CT molecular complexity index is 1100. The van der Waals surface area contributed by atoms with Crippen LogP contribution in [0.15, 0.2) is 61.1 Å². The molecule has 7 heteroatoms. The van der Waals surface area contributed by atoms with E-state index in [0.29, 0.717) is 28.2 Å². The highest BCUT2D eigenvalue weighted by atomic mass is 16.5. The molecule has 7 nitrogen and oxygen atoms in total. The lowest BCUT2D eigenvalue weighted by Crippen LogP contribution is -2.00. The van der Waals surface area contributed by atoms with Crippen LogP contribution in [0.25, 0.3) is 16.7 Å². The van der Waals surface area contributed by atoms with Crippen LogP contribution in [0.4, 0.5) is 0 Å². The molecular weight excluding hydrogens is 344 g/mol. The van der Waals surface area contributed by atoms with E-state index in [9.17, 15) is 4.79 Å². The molecule has 0 amide bonds. The van der Waals surface area contributed by atoms with Crippen molar-refractivity contribution in [3.63, 3.8) is 0 Å². The van der Waals surface area contributed by atoms with Crippen molar-refractivity contribution in [1.29, 1.82) is 0 Å². The molecule has 0 spiro atoms. The van der Waals surface area contributed by atoms with E-state index >= 15 is 0 Å². The van der Waals surface area contributed by atoms with Gasteiger partial charge in [0.25, 0.3) is 0 Å². The number of nitrogens with zero attached hydrogens (tertiary/aromatic N) is 4. The third-order valence-corrected chi connectivity index (χ3v) is 4.10. The van der Waals surface area contributed by atoms with Gasteiger partial charge in [0.05, 0.1) is 24.6 Å². The molecule has 0 unspecified atom stereocenters. The van der Waals surface area contributed by atoms with Crippen molar-refractivity contribution >= 4 is 17.0 Å². The maximum absolute atomic E-state index is 11.5. The molecule has 0 N–H and O–H groups in total. The van der Waals surface area contributed by atoms with E-state index in [1.807, 2.05) is 31.2 Å². The van der Waals surface area contributed by atoms with Crippen molar-refractivity contribution in [3.05, 3.63) is 72.2 Å². The molecule has 0 aliphatic rings. The highest BCUT2D eigenvalue weighted by Crippen LogP contribution is 2.28. The van der Waals surface area contributed by atoms with Gasteiger partial charge in [0.1, 0.15) is 17.5 Å². The molecule has 4 aromatic rings. The van der Waals surface area contributed by atoms with Crippen LogP contribution >= 0.6 is 0 Å². The van der Waals surface area contributed by atoms with Gasteiger partial charge in [-0.2, -0.15) is 5.10 Å². The van der Waals surface area contributed by atoms with Gasteiger partial charge in [-0.1, -0.05) is 17.7 Å². The first-order chi connectivity index (χ1) is 13.2. The summed E-state index contributed by atoms with van der Waals surface area (Å²) in [6.45, 7) is 2.03. The van der Waals surface area contributed by atoms with E-state index in [-0.39, 0.29) is 0 Å². The van der Waals surface area contributed by atoms with Crippen LogP contribution in [0.5, 0.6) is 11.6 Å². The number of fused-ring (bicyclic) bond motifs is 1. The molecule has 0 atom stereocenters. The Balaban J connectivity index is 1.67. The second-order valence-corrected chi connectivity index (χ2v) is 5.93. The summed E-state index contributed by atoms with van der Waals surface area (Å²) in [5.74, 6) is 0.542.